The Morgan fingerprint density at radius 3 is 2.37 bits per heavy atom. The lowest BCUT2D eigenvalue weighted by Gasteiger charge is -2.40. The van der Waals surface area contributed by atoms with Crippen molar-refractivity contribution in [3.63, 3.8) is 0 Å². The van der Waals surface area contributed by atoms with Crippen LogP contribution in [0, 0.1) is 0 Å². The van der Waals surface area contributed by atoms with E-state index in [1.807, 2.05) is 42.5 Å². The number of ether oxygens (including phenoxy) is 1. The van der Waals surface area contributed by atoms with Crippen LogP contribution < -0.4 is 10.0 Å². The summed E-state index contributed by atoms with van der Waals surface area (Å²) in [5.74, 6) is -0.312. The molecule has 35 heavy (non-hydrogen) atoms. The van der Waals surface area contributed by atoms with E-state index in [1.54, 1.807) is 24.3 Å². The van der Waals surface area contributed by atoms with Gasteiger partial charge in [0, 0.05) is 36.3 Å². The van der Waals surface area contributed by atoms with Gasteiger partial charge in [0.2, 0.25) is 0 Å². The van der Waals surface area contributed by atoms with E-state index in [0.717, 1.165) is 24.2 Å². The second-order valence-corrected chi connectivity index (χ2v) is 10.8. The highest BCUT2D eigenvalue weighted by Crippen LogP contribution is 2.29. The van der Waals surface area contributed by atoms with E-state index in [-0.39, 0.29) is 16.3 Å². The standard InChI is InChI=1S/C27H31N3O4S/c1-27(2,30-15-17-34-18-16-30)20-28-26(31)22-11-8-12-23(19-22)35(32,33)29-25-14-7-6-13-24(25)21-9-4-3-5-10-21/h3-14,19,29H,15-18,20H2,1-2H3,(H,28,31). The minimum Gasteiger partial charge on any atom is -0.379 e. The molecule has 1 fully saturated rings. The molecular formula is C27H31N3O4S. The number of hydrogen-bond acceptors (Lipinski definition) is 5. The Kier molecular flexibility index (Phi) is 7.54. The number of para-hydroxylation sites is 1. The number of morpholine rings is 1. The second-order valence-electron chi connectivity index (χ2n) is 9.14. The smallest absolute Gasteiger partial charge is 0.261 e. The van der Waals surface area contributed by atoms with Crippen LogP contribution in [0.25, 0.3) is 11.1 Å². The highest BCUT2D eigenvalue weighted by Gasteiger charge is 2.29. The monoisotopic (exact) mass is 493 g/mol. The van der Waals surface area contributed by atoms with E-state index in [4.69, 9.17) is 4.74 Å². The quantitative estimate of drug-likeness (QED) is 0.495. The van der Waals surface area contributed by atoms with Crippen LogP contribution in [0.4, 0.5) is 5.69 Å². The van der Waals surface area contributed by atoms with Gasteiger partial charge in [0.25, 0.3) is 15.9 Å². The third-order valence-corrected chi connectivity index (χ3v) is 7.57. The van der Waals surface area contributed by atoms with Crippen molar-refractivity contribution in [3.8, 4) is 11.1 Å². The van der Waals surface area contributed by atoms with E-state index >= 15 is 0 Å². The van der Waals surface area contributed by atoms with Gasteiger partial charge < -0.3 is 10.1 Å². The van der Waals surface area contributed by atoms with Gasteiger partial charge in [-0.2, -0.15) is 0 Å². The topological polar surface area (TPSA) is 87.7 Å². The highest BCUT2D eigenvalue weighted by molar-refractivity contribution is 7.92. The van der Waals surface area contributed by atoms with Gasteiger partial charge >= 0.3 is 0 Å². The Balaban J connectivity index is 1.49. The van der Waals surface area contributed by atoms with E-state index in [1.165, 1.54) is 12.1 Å². The van der Waals surface area contributed by atoms with Gasteiger partial charge in [-0.1, -0.05) is 54.6 Å². The molecule has 184 valence electrons. The summed E-state index contributed by atoms with van der Waals surface area (Å²) in [5, 5.41) is 2.96. The SMILES string of the molecule is CC(C)(CNC(=O)c1cccc(S(=O)(=O)Nc2ccccc2-c2ccccc2)c1)N1CCOCC1. The number of anilines is 1. The van der Waals surface area contributed by atoms with Gasteiger partial charge in [0.15, 0.2) is 0 Å². The number of nitrogens with one attached hydrogen (secondary N) is 2. The Labute approximate surface area is 207 Å². The molecule has 1 aliphatic heterocycles. The van der Waals surface area contributed by atoms with E-state index < -0.39 is 10.0 Å². The lowest BCUT2D eigenvalue weighted by Crippen LogP contribution is -2.55. The maximum Gasteiger partial charge on any atom is 0.261 e. The second kappa shape index (κ2) is 10.6. The molecule has 0 radical (unpaired) electrons. The number of nitrogens with zero attached hydrogens (tertiary/aromatic N) is 1. The molecule has 1 amide bonds. The summed E-state index contributed by atoms with van der Waals surface area (Å²) in [7, 11) is -3.91. The van der Waals surface area contributed by atoms with Crippen LogP contribution in [0.5, 0.6) is 0 Å². The molecule has 7 nitrogen and oxygen atoms in total. The first-order valence-electron chi connectivity index (χ1n) is 11.6. The van der Waals surface area contributed by atoms with Gasteiger partial charge in [0.05, 0.1) is 23.8 Å². The van der Waals surface area contributed by atoms with Gasteiger partial charge in [-0.15, -0.1) is 0 Å². The van der Waals surface area contributed by atoms with Crippen molar-refractivity contribution in [1.29, 1.82) is 0 Å². The molecule has 3 aromatic rings. The molecule has 0 spiro atoms. The summed E-state index contributed by atoms with van der Waals surface area (Å²) >= 11 is 0. The molecule has 8 heteroatoms. The average molecular weight is 494 g/mol. The number of hydrogen-bond donors (Lipinski definition) is 2. The van der Waals surface area contributed by atoms with E-state index in [9.17, 15) is 13.2 Å². The maximum absolute atomic E-state index is 13.2. The number of carbonyl (C=O) groups is 1. The largest absolute Gasteiger partial charge is 0.379 e. The minimum atomic E-state index is -3.91. The lowest BCUT2D eigenvalue weighted by molar-refractivity contribution is -0.00923. The molecule has 0 saturated carbocycles. The van der Waals surface area contributed by atoms with Gasteiger partial charge in [-0.05, 0) is 43.7 Å². The zero-order valence-electron chi connectivity index (χ0n) is 20.0. The van der Waals surface area contributed by atoms with Crippen LogP contribution in [-0.2, 0) is 14.8 Å². The van der Waals surface area contributed by atoms with Crippen molar-refractivity contribution in [2.24, 2.45) is 0 Å². The Morgan fingerprint density at radius 2 is 1.63 bits per heavy atom. The zero-order chi connectivity index (χ0) is 24.9. The number of benzene rings is 3. The van der Waals surface area contributed by atoms with E-state index in [0.29, 0.717) is 31.0 Å². The molecule has 0 unspecified atom stereocenters. The summed E-state index contributed by atoms with van der Waals surface area (Å²) in [4.78, 5) is 15.2. The van der Waals surface area contributed by atoms with Crippen LogP contribution in [0.2, 0.25) is 0 Å². The molecule has 2 N–H and O–H groups in total. The first kappa shape index (κ1) is 24.9. The minimum absolute atomic E-state index is 0.0282. The molecule has 1 heterocycles. The summed E-state index contributed by atoms with van der Waals surface area (Å²) in [6.07, 6.45) is 0. The summed E-state index contributed by atoms with van der Waals surface area (Å²) in [5.41, 5.74) is 2.20. The highest BCUT2D eigenvalue weighted by atomic mass is 32.2. The predicted molar refractivity (Wildman–Crippen MR) is 138 cm³/mol. The van der Waals surface area contributed by atoms with Gasteiger partial charge in [0.1, 0.15) is 0 Å². The van der Waals surface area contributed by atoms with Crippen LogP contribution in [0.3, 0.4) is 0 Å². The van der Waals surface area contributed by atoms with Crippen molar-refractivity contribution in [2.45, 2.75) is 24.3 Å². The molecule has 4 rings (SSSR count). The van der Waals surface area contributed by atoms with Crippen molar-refractivity contribution >= 4 is 21.6 Å². The normalized spacial score (nSPS) is 14.9. The number of rotatable bonds is 8. The predicted octanol–water partition coefficient (Wildman–Crippen LogP) is 4.00. The fourth-order valence-electron chi connectivity index (χ4n) is 4.13. The molecule has 0 bridgehead atoms. The summed E-state index contributed by atoms with van der Waals surface area (Å²) < 4.78 is 34.6. The molecule has 0 atom stereocenters. The van der Waals surface area contributed by atoms with Crippen LogP contribution in [0.15, 0.2) is 83.8 Å². The van der Waals surface area contributed by atoms with Gasteiger partial charge in [-0.3, -0.25) is 14.4 Å². The van der Waals surface area contributed by atoms with Crippen molar-refractivity contribution in [2.75, 3.05) is 37.6 Å². The maximum atomic E-state index is 13.2. The van der Waals surface area contributed by atoms with Crippen LogP contribution >= 0.6 is 0 Å². The Bertz CT molecular complexity index is 1270. The Morgan fingerprint density at radius 1 is 0.943 bits per heavy atom. The summed E-state index contributed by atoms with van der Waals surface area (Å²) in [6.45, 7) is 7.57. The fraction of sp³-hybridized carbons (Fsp3) is 0.296. The molecule has 0 aliphatic carbocycles. The molecule has 0 aromatic heterocycles. The van der Waals surface area contributed by atoms with Crippen molar-refractivity contribution < 1.29 is 17.9 Å². The third kappa shape index (κ3) is 6.08. The van der Waals surface area contributed by atoms with Crippen LogP contribution in [-0.4, -0.2) is 57.6 Å². The molecule has 3 aromatic carbocycles. The molecule has 1 saturated heterocycles. The number of amides is 1. The molecule has 1 aliphatic rings. The third-order valence-electron chi connectivity index (χ3n) is 6.21. The molecular weight excluding hydrogens is 462 g/mol. The van der Waals surface area contributed by atoms with Crippen molar-refractivity contribution in [1.82, 2.24) is 10.2 Å². The average Bonchev–Trinajstić information content (AvgIpc) is 2.88. The lowest BCUT2D eigenvalue weighted by atomic mass is 10.0. The number of carbonyl (C=O) groups excluding carboxylic acids is 1. The first-order chi connectivity index (χ1) is 16.8. The summed E-state index contributed by atoms with van der Waals surface area (Å²) in [6, 6.07) is 22.9. The van der Waals surface area contributed by atoms with Gasteiger partial charge in [-0.25, -0.2) is 8.42 Å². The van der Waals surface area contributed by atoms with Crippen LogP contribution in [0.1, 0.15) is 24.2 Å². The zero-order valence-corrected chi connectivity index (χ0v) is 20.8. The number of sulfonamides is 1. The fourth-order valence-corrected chi connectivity index (χ4v) is 5.25. The first-order valence-corrected chi connectivity index (χ1v) is 13.1. The van der Waals surface area contributed by atoms with Crippen molar-refractivity contribution in [3.05, 3.63) is 84.4 Å². The Hall–Kier alpha value is -3.20. The van der Waals surface area contributed by atoms with E-state index in [2.05, 4.69) is 28.8 Å².